The Kier molecular flexibility index (Phi) is 3.06. The summed E-state index contributed by atoms with van der Waals surface area (Å²) >= 11 is 1.46. The molecule has 0 amide bonds. The molecule has 4 nitrogen and oxygen atoms in total. The molecule has 1 heterocycles. The molecule has 1 rings (SSSR count). The van der Waals surface area contributed by atoms with Crippen LogP contribution in [0.5, 0.6) is 0 Å². The van der Waals surface area contributed by atoms with E-state index in [-0.39, 0.29) is 12.2 Å². The fourth-order valence-corrected chi connectivity index (χ4v) is 1.48. The molecule has 5 heteroatoms. The first-order chi connectivity index (χ1) is 5.25. The van der Waals surface area contributed by atoms with Crippen LogP contribution in [0, 0.1) is 0 Å². The van der Waals surface area contributed by atoms with E-state index in [9.17, 15) is 0 Å². The first-order valence-electron chi connectivity index (χ1n) is 3.39. The van der Waals surface area contributed by atoms with Crippen LogP contribution in [-0.4, -0.2) is 22.3 Å². The zero-order valence-corrected chi connectivity index (χ0v) is 9.42. The summed E-state index contributed by atoms with van der Waals surface area (Å²) in [5.41, 5.74) is 2.92. The Balaban J connectivity index is 2.63. The van der Waals surface area contributed by atoms with Gasteiger partial charge in [0.05, 0.1) is 0 Å². The molecule has 0 fully saturated rings. The SMILES string of the molecule is CC=NC1N=NNC1[C](C)=[W]. The number of nitrogens with zero attached hydrogens (tertiary/aromatic N) is 3. The van der Waals surface area contributed by atoms with Gasteiger partial charge in [0.25, 0.3) is 0 Å². The van der Waals surface area contributed by atoms with E-state index in [2.05, 4.69) is 27.7 Å². The van der Waals surface area contributed by atoms with Crippen molar-refractivity contribution >= 4 is 10.1 Å². The first-order valence-corrected chi connectivity index (χ1v) is 4.86. The second-order valence-corrected chi connectivity index (χ2v) is 4.57. The molecule has 0 saturated carbocycles. The second kappa shape index (κ2) is 3.86. The molecule has 0 aromatic heterocycles. The molecule has 0 aromatic carbocycles. The summed E-state index contributed by atoms with van der Waals surface area (Å²) in [5.74, 6) is 0. The van der Waals surface area contributed by atoms with Gasteiger partial charge in [-0.25, -0.2) is 0 Å². The molecule has 0 spiro atoms. The Morgan fingerprint density at radius 3 is 3.00 bits per heavy atom. The summed E-state index contributed by atoms with van der Waals surface area (Å²) in [6.07, 6.45) is 1.74. The Morgan fingerprint density at radius 2 is 2.45 bits per heavy atom. The van der Waals surface area contributed by atoms with Crippen molar-refractivity contribution in [3.05, 3.63) is 0 Å². The van der Waals surface area contributed by atoms with Crippen LogP contribution in [0.25, 0.3) is 0 Å². The molecular formula is C6H10N4W. The quantitative estimate of drug-likeness (QED) is 0.739. The Hall–Kier alpha value is -0.372. The van der Waals surface area contributed by atoms with E-state index in [0.29, 0.717) is 0 Å². The Bertz CT molecular complexity index is 211. The molecule has 1 aliphatic rings. The third-order valence-electron chi connectivity index (χ3n) is 1.41. The van der Waals surface area contributed by atoms with Gasteiger partial charge in [0, 0.05) is 0 Å². The predicted molar refractivity (Wildman–Crippen MR) is 40.4 cm³/mol. The molecule has 11 heavy (non-hydrogen) atoms. The number of aliphatic imine (C=N–C) groups is 1. The van der Waals surface area contributed by atoms with E-state index in [1.54, 1.807) is 6.21 Å². The van der Waals surface area contributed by atoms with Crippen LogP contribution in [0.3, 0.4) is 0 Å². The van der Waals surface area contributed by atoms with E-state index >= 15 is 0 Å². The third kappa shape index (κ3) is 2.03. The van der Waals surface area contributed by atoms with Crippen molar-refractivity contribution in [3.63, 3.8) is 0 Å². The van der Waals surface area contributed by atoms with Crippen molar-refractivity contribution in [3.8, 4) is 0 Å². The second-order valence-electron chi connectivity index (χ2n) is 2.25. The standard InChI is InChI=1S/C6H10N4.W/c1-3-5-6(7-4-2)9-10-8-5;/h4-6H,1-2H3,(H,8,9);. The Morgan fingerprint density at radius 1 is 1.73 bits per heavy atom. The maximum atomic E-state index is 4.17. The normalized spacial score (nSPS) is 29.3. The van der Waals surface area contributed by atoms with Crippen molar-refractivity contribution < 1.29 is 19.4 Å². The zero-order chi connectivity index (χ0) is 8.27. The monoisotopic (exact) mass is 322 g/mol. The number of nitrogens with one attached hydrogen (secondary N) is 1. The van der Waals surface area contributed by atoms with Crippen LogP contribution in [0.2, 0.25) is 0 Å². The fraction of sp³-hybridized carbons (Fsp3) is 0.667. The van der Waals surface area contributed by atoms with Crippen molar-refractivity contribution in [2.24, 2.45) is 15.3 Å². The topological polar surface area (TPSA) is 49.1 Å². The third-order valence-corrected chi connectivity index (χ3v) is 2.32. The molecule has 2 unspecified atom stereocenters. The molecule has 0 saturated heterocycles. The summed E-state index contributed by atoms with van der Waals surface area (Å²) in [4.78, 5) is 4.17. The van der Waals surface area contributed by atoms with E-state index in [1.807, 2.05) is 6.92 Å². The molecule has 2 atom stereocenters. The molecule has 0 aliphatic carbocycles. The minimum atomic E-state index is -0.0301. The van der Waals surface area contributed by atoms with Crippen molar-refractivity contribution in [1.82, 2.24) is 5.43 Å². The summed E-state index contributed by atoms with van der Waals surface area (Å²) in [5, 5.41) is 7.68. The molecule has 1 N–H and O–H groups in total. The number of rotatable bonds is 2. The summed E-state index contributed by atoms with van der Waals surface area (Å²) in [6, 6.07) is 0.223. The van der Waals surface area contributed by atoms with E-state index in [0.717, 1.165) is 0 Å². The van der Waals surface area contributed by atoms with Gasteiger partial charge in [-0.05, 0) is 0 Å². The van der Waals surface area contributed by atoms with Crippen LogP contribution in [0.4, 0.5) is 0 Å². The predicted octanol–water partition coefficient (Wildman–Crippen LogP) is 0.481. The molecular weight excluding hydrogens is 312 g/mol. The van der Waals surface area contributed by atoms with Gasteiger partial charge in [0.2, 0.25) is 0 Å². The van der Waals surface area contributed by atoms with Gasteiger partial charge in [-0.2, -0.15) is 0 Å². The maximum absolute atomic E-state index is 4.17. The minimum absolute atomic E-state index is 0.0301. The van der Waals surface area contributed by atoms with Gasteiger partial charge < -0.3 is 0 Å². The summed E-state index contributed by atoms with van der Waals surface area (Å²) in [7, 11) is 0. The van der Waals surface area contributed by atoms with Gasteiger partial charge in [-0.1, -0.05) is 0 Å². The Labute approximate surface area is 76.6 Å². The van der Waals surface area contributed by atoms with Gasteiger partial charge in [0.1, 0.15) is 0 Å². The van der Waals surface area contributed by atoms with Crippen molar-refractivity contribution in [1.29, 1.82) is 0 Å². The van der Waals surface area contributed by atoms with Gasteiger partial charge >= 0.3 is 76.3 Å². The summed E-state index contributed by atoms with van der Waals surface area (Å²) in [6.45, 7) is 3.98. The molecule has 0 aromatic rings. The fourth-order valence-electron chi connectivity index (χ4n) is 0.857. The van der Waals surface area contributed by atoms with Crippen molar-refractivity contribution in [2.75, 3.05) is 0 Å². The first kappa shape index (κ1) is 8.72. The molecule has 0 bridgehead atoms. The number of hydrogen-bond acceptors (Lipinski definition) is 4. The molecule has 1 aliphatic heterocycles. The summed E-state index contributed by atoms with van der Waals surface area (Å²) < 4.78 is 1.34. The van der Waals surface area contributed by atoms with Crippen LogP contribution >= 0.6 is 0 Å². The van der Waals surface area contributed by atoms with Gasteiger partial charge in [-0.3, -0.25) is 0 Å². The van der Waals surface area contributed by atoms with E-state index in [1.165, 1.54) is 23.3 Å². The van der Waals surface area contributed by atoms with Gasteiger partial charge in [-0.15, -0.1) is 0 Å². The van der Waals surface area contributed by atoms with E-state index < -0.39 is 0 Å². The van der Waals surface area contributed by atoms with E-state index in [4.69, 9.17) is 0 Å². The van der Waals surface area contributed by atoms with Crippen LogP contribution in [0.15, 0.2) is 15.3 Å². The zero-order valence-electron chi connectivity index (χ0n) is 6.48. The van der Waals surface area contributed by atoms with Gasteiger partial charge in [0.15, 0.2) is 0 Å². The van der Waals surface area contributed by atoms with Crippen LogP contribution in [0.1, 0.15) is 13.8 Å². The molecule has 60 valence electrons. The van der Waals surface area contributed by atoms with Crippen LogP contribution < -0.4 is 5.43 Å². The average molecular weight is 322 g/mol. The van der Waals surface area contributed by atoms with Crippen molar-refractivity contribution in [2.45, 2.75) is 26.1 Å². The molecule has 0 radical (unpaired) electrons. The van der Waals surface area contributed by atoms with Crippen LogP contribution in [-0.2, 0) is 19.4 Å². The number of hydrogen-bond donors (Lipinski definition) is 1. The average Bonchev–Trinajstić information content (AvgIpc) is 2.36.